The van der Waals surface area contributed by atoms with Crippen LogP contribution in [0, 0.1) is 12.7 Å². The summed E-state index contributed by atoms with van der Waals surface area (Å²) >= 11 is 0. The van der Waals surface area contributed by atoms with Gasteiger partial charge in [0.2, 0.25) is 0 Å². The van der Waals surface area contributed by atoms with E-state index in [1.165, 1.54) is 18.6 Å². The zero-order valence-corrected chi connectivity index (χ0v) is 20.8. The predicted octanol–water partition coefficient (Wildman–Crippen LogP) is 4.85. The summed E-state index contributed by atoms with van der Waals surface area (Å²) in [7, 11) is 0. The number of ether oxygens (including phenoxy) is 2. The van der Waals surface area contributed by atoms with Gasteiger partial charge in [-0.3, -0.25) is 0 Å². The molecule has 3 aromatic heterocycles. The predicted molar refractivity (Wildman–Crippen MR) is 139 cm³/mol. The molecule has 1 saturated heterocycles. The van der Waals surface area contributed by atoms with Crippen molar-refractivity contribution >= 4 is 11.0 Å². The lowest BCUT2D eigenvalue weighted by molar-refractivity contribution is 0.301. The molecule has 1 fully saturated rings. The van der Waals surface area contributed by atoms with Gasteiger partial charge in [-0.2, -0.15) is 5.10 Å². The number of benzene rings is 2. The van der Waals surface area contributed by atoms with E-state index >= 15 is 0 Å². The molecule has 0 spiro atoms. The second-order valence-corrected chi connectivity index (χ2v) is 9.26. The Bertz CT molecular complexity index is 1550. The van der Waals surface area contributed by atoms with Gasteiger partial charge in [0, 0.05) is 54.0 Å². The van der Waals surface area contributed by atoms with Crippen molar-refractivity contribution in [2.24, 2.45) is 0 Å². The lowest BCUT2D eigenvalue weighted by Gasteiger charge is -2.10. The lowest BCUT2D eigenvalue weighted by Crippen LogP contribution is -2.27. The van der Waals surface area contributed by atoms with Crippen molar-refractivity contribution in [3.8, 4) is 28.5 Å². The number of nitrogens with one attached hydrogen (secondary N) is 1. The van der Waals surface area contributed by atoms with Crippen LogP contribution in [-0.4, -0.2) is 42.3 Å². The van der Waals surface area contributed by atoms with Gasteiger partial charge in [0.25, 0.3) is 0 Å². The van der Waals surface area contributed by atoms with E-state index in [2.05, 4.69) is 25.3 Å². The fourth-order valence-corrected chi connectivity index (χ4v) is 4.54. The highest BCUT2D eigenvalue weighted by atomic mass is 19.1. The van der Waals surface area contributed by atoms with Crippen LogP contribution in [0.4, 0.5) is 4.39 Å². The number of aryl methyl sites for hydroxylation is 1. The van der Waals surface area contributed by atoms with Crippen LogP contribution >= 0.6 is 0 Å². The van der Waals surface area contributed by atoms with E-state index in [1.54, 1.807) is 31.0 Å². The number of nitrogens with zero attached hydrogens (tertiary/aromatic N) is 6. The van der Waals surface area contributed by atoms with Crippen molar-refractivity contribution in [3.05, 3.63) is 84.6 Å². The van der Waals surface area contributed by atoms with E-state index in [1.807, 2.05) is 35.9 Å². The van der Waals surface area contributed by atoms with Crippen molar-refractivity contribution in [1.82, 2.24) is 35.0 Å². The summed E-state index contributed by atoms with van der Waals surface area (Å²) in [6.45, 7) is 3.83. The van der Waals surface area contributed by atoms with E-state index in [-0.39, 0.29) is 6.61 Å². The molecule has 0 aliphatic carbocycles. The normalized spacial score (nSPS) is 15.2. The number of hydrogen-bond donors (Lipinski definition) is 1. The topological polar surface area (TPSA) is 99.9 Å². The van der Waals surface area contributed by atoms with Crippen molar-refractivity contribution in [2.75, 3.05) is 6.54 Å². The molecule has 9 nitrogen and oxygen atoms in total. The fraction of sp³-hybridized carbons (Fsp3) is 0.250. The second-order valence-electron chi connectivity index (χ2n) is 9.26. The molecule has 1 N–H and O–H groups in total. The van der Waals surface area contributed by atoms with Crippen LogP contribution in [0.15, 0.2) is 67.4 Å². The van der Waals surface area contributed by atoms with Crippen molar-refractivity contribution in [2.45, 2.75) is 39.0 Å². The van der Waals surface area contributed by atoms with Crippen molar-refractivity contribution in [3.63, 3.8) is 0 Å². The molecule has 5 aromatic rings. The first kappa shape index (κ1) is 23.9. The van der Waals surface area contributed by atoms with Gasteiger partial charge in [-0.25, -0.2) is 29.0 Å². The zero-order chi connectivity index (χ0) is 25.9. The third-order valence-corrected chi connectivity index (χ3v) is 6.42. The molecule has 1 atom stereocenters. The van der Waals surface area contributed by atoms with Gasteiger partial charge in [0.05, 0.1) is 11.9 Å². The molecule has 0 saturated carbocycles. The van der Waals surface area contributed by atoms with E-state index in [9.17, 15) is 4.39 Å². The van der Waals surface area contributed by atoms with Crippen LogP contribution in [0.1, 0.15) is 24.2 Å². The molecule has 192 valence electrons. The minimum atomic E-state index is -0.456. The molecular weight excluding hydrogens is 485 g/mol. The van der Waals surface area contributed by atoms with Gasteiger partial charge >= 0.3 is 0 Å². The van der Waals surface area contributed by atoms with Gasteiger partial charge < -0.3 is 14.8 Å². The number of fused-ring (bicyclic) bond motifs is 1. The molecule has 4 heterocycles. The largest absolute Gasteiger partial charge is 0.489 e. The maximum Gasteiger partial charge on any atom is 0.161 e. The second kappa shape index (κ2) is 10.5. The summed E-state index contributed by atoms with van der Waals surface area (Å²) in [6.07, 6.45) is 9.02. The SMILES string of the molecule is Cc1ncc(COc2cc(F)cc(Oc3ccc(-c4nn(C[C@H]5CCCN5)c5ncncc45)cc3)c2)cn1. The fourth-order valence-electron chi connectivity index (χ4n) is 4.54. The Labute approximate surface area is 218 Å². The lowest BCUT2D eigenvalue weighted by atomic mass is 10.1. The molecule has 1 aliphatic rings. The molecule has 6 rings (SSSR count). The Morgan fingerprint density at radius 3 is 2.61 bits per heavy atom. The minimum absolute atomic E-state index is 0.221. The van der Waals surface area contributed by atoms with Crippen molar-refractivity contribution < 1.29 is 13.9 Å². The molecular formula is C28H26FN7O2. The first-order chi connectivity index (χ1) is 18.6. The summed E-state index contributed by atoms with van der Waals surface area (Å²) < 4.78 is 27.9. The Morgan fingerprint density at radius 2 is 1.82 bits per heavy atom. The molecule has 0 bridgehead atoms. The summed E-state index contributed by atoms with van der Waals surface area (Å²) in [5.74, 6) is 1.47. The first-order valence-electron chi connectivity index (χ1n) is 12.5. The highest BCUT2D eigenvalue weighted by Gasteiger charge is 2.19. The first-order valence-corrected chi connectivity index (χ1v) is 12.5. The van der Waals surface area contributed by atoms with Crippen LogP contribution in [0.3, 0.4) is 0 Å². The Hall–Kier alpha value is -4.44. The standard InChI is InChI=1S/C28H26FN7O2/c1-18-32-12-19(13-33-18)16-37-24-9-21(29)10-25(11-24)38-23-6-4-20(5-7-23)27-26-14-30-17-34-28(26)36(35-27)15-22-3-2-8-31-22/h4-7,9-14,17,22,31H,2-3,8,15-16H2,1H3/t22-/m1/s1. The summed E-state index contributed by atoms with van der Waals surface area (Å²) in [5, 5.41) is 9.28. The van der Waals surface area contributed by atoms with Gasteiger partial charge in [-0.05, 0) is 50.6 Å². The smallest absolute Gasteiger partial charge is 0.161 e. The average Bonchev–Trinajstić information content (AvgIpc) is 3.57. The molecule has 0 unspecified atom stereocenters. The Balaban J connectivity index is 1.18. The van der Waals surface area contributed by atoms with Gasteiger partial charge in [0.1, 0.15) is 47.5 Å². The third kappa shape index (κ3) is 5.30. The maximum atomic E-state index is 14.3. The quantitative estimate of drug-likeness (QED) is 0.316. The van der Waals surface area contributed by atoms with E-state index in [0.29, 0.717) is 29.1 Å². The summed E-state index contributed by atoms with van der Waals surface area (Å²) in [6, 6.07) is 12.2. The summed E-state index contributed by atoms with van der Waals surface area (Å²) in [5.41, 5.74) is 3.33. The third-order valence-electron chi connectivity index (χ3n) is 6.42. The van der Waals surface area contributed by atoms with Crippen LogP contribution in [0.25, 0.3) is 22.3 Å². The molecule has 1 aliphatic heterocycles. The summed E-state index contributed by atoms with van der Waals surface area (Å²) in [4.78, 5) is 17.0. The van der Waals surface area contributed by atoms with Gasteiger partial charge in [0.15, 0.2) is 5.65 Å². The molecule has 38 heavy (non-hydrogen) atoms. The highest BCUT2D eigenvalue weighted by Crippen LogP contribution is 2.31. The van der Waals surface area contributed by atoms with Crippen LogP contribution in [-0.2, 0) is 13.2 Å². The highest BCUT2D eigenvalue weighted by molar-refractivity contribution is 5.90. The monoisotopic (exact) mass is 511 g/mol. The zero-order valence-electron chi connectivity index (χ0n) is 20.8. The van der Waals surface area contributed by atoms with E-state index in [0.717, 1.165) is 47.4 Å². The molecule has 0 amide bonds. The molecule has 0 radical (unpaired) electrons. The van der Waals surface area contributed by atoms with Crippen LogP contribution in [0.2, 0.25) is 0 Å². The van der Waals surface area contributed by atoms with Crippen molar-refractivity contribution in [1.29, 1.82) is 0 Å². The van der Waals surface area contributed by atoms with Crippen LogP contribution < -0.4 is 14.8 Å². The van der Waals surface area contributed by atoms with Crippen LogP contribution in [0.5, 0.6) is 17.2 Å². The molecule has 10 heteroatoms. The maximum absolute atomic E-state index is 14.3. The average molecular weight is 512 g/mol. The number of rotatable bonds is 8. The molecule has 2 aromatic carbocycles. The van der Waals surface area contributed by atoms with Gasteiger partial charge in [-0.15, -0.1) is 0 Å². The number of halogens is 1. The minimum Gasteiger partial charge on any atom is -0.489 e. The van der Waals surface area contributed by atoms with Gasteiger partial charge in [-0.1, -0.05) is 0 Å². The number of aromatic nitrogens is 6. The van der Waals surface area contributed by atoms with E-state index < -0.39 is 5.82 Å². The van der Waals surface area contributed by atoms with E-state index in [4.69, 9.17) is 14.6 Å². The Morgan fingerprint density at radius 1 is 1.00 bits per heavy atom. The number of hydrogen-bond acceptors (Lipinski definition) is 8. The Kier molecular flexibility index (Phi) is 6.62.